The highest BCUT2D eigenvalue weighted by molar-refractivity contribution is 9.10. The lowest BCUT2D eigenvalue weighted by atomic mass is 10.1. The van der Waals surface area contributed by atoms with Gasteiger partial charge in [-0.05, 0) is 42.3 Å². The Kier molecular flexibility index (Phi) is 4.13. The van der Waals surface area contributed by atoms with E-state index in [1.165, 1.54) is 0 Å². The monoisotopic (exact) mass is 361 g/mol. The Balaban J connectivity index is 2.04. The number of nitrogens with zero attached hydrogens (tertiary/aromatic N) is 1. The SMILES string of the molecule is Cc1cc(Br)ccc1Oc1cc(CCl)c2ccccc2n1. The number of para-hydroxylation sites is 1. The molecule has 0 fully saturated rings. The molecule has 4 heteroatoms. The highest BCUT2D eigenvalue weighted by atomic mass is 79.9. The number of hydrogen-bond donors (Lipinski definition) is 0. The fourth-order valence-corrected chi connectivity index (χ4v) is 2.92. The second kappa shape index (κ2) is 6.04. The minimum absolute atomic E-state index is 0.429. The van der Waals surface area contributed by atoms with E-state index < -0.39 is 0 Å². The van der Waals surface area contributed by atoms with Gasteiger partial charge in [-0.15, -0.1) is 11.6 Å². The summed E-state index contributed by atoms with van der Waals surface area (Å²) in [6.45, 7) is 2.00. The normalized spacial score (nSPS) is 10.8. The number of rotatable bonds is 3. The van der Waals surface area contributed by atoms with Gasteiger partial charge in [0.25, 0.3) is 0 Å². The first-order valence-corrected chi connectivity index (χ1v) is 7.89. The fourth-order valence-electron chi connectivity index (χ4n) is 2.22. The number of hydrogen-bond acceptors (Lipinski definition) is 2. The molecular weight excluding hydrogens is 350 g/mol. The van der Waals surface area contributed by atoms with E-state index in [9.17, 15) is 0 Å². The van der Waals surface area contributed by atoms with Crippen LogP contribution in [-0.2, 0) is 5.88 Å². The van der Waals surface area contributed by atoms with Gasteiger partial charge in [-0.1, -0.05) is 34.1 Å². The van der Waals surface area contributed by atoms with Crippen molar-refractivity contribution in [3.8, 4) is 11.6 Å². The minimum atomic E-state index is 0.429. The van der Waals surface area contributed by atoms with E-state index in [1.807, 2.05) is 55.5 Å². The van der Waals surface area contributed by atoms with E-state index in [4.69, 9.17) is 16.3 Å². The van der Waals surface area contributed by atoms with Gasteiger partial charge in [0.1, 0.15) is 5.75 Å². The molecule has 1 heterocycles. The number of aryl methyl sites for hydroxylation is 1. The van der Waals surface area contributed by atoms with Gasteiger partial charge in [0.15, 0.2) is 0 Å². The van der Waals surface area contributed by atoms with Gasteiger partial charge in [0.2, 0.25) is 5.88 Å². The highest BCUT2D eigenvalue weighted by Gasteiger charge is 2.08. The summed E-state index contributed by atoms with van der Waals surface area (Å²) in [6, 6.07) is 15.7. The van der Waals surface area contributed by atoms with E-state index >= 15 is 0 Å². The van der Waals surface area contributed by atoms with Crippen LogP contribution in [0.5, 0.6) is 11.6 Å². The molecule has 21 heavy (non-hydrogen) atoms. The smallest absolute Gasteiger partial charge is 0.220 e. The van der Waals surface area contributed by atoms with Crippen molar-refractivity contribution in [2.45, 2.75) is 12.8 Å². The van der Waals surface area contributed by atoms with E-state index in [1.54, 1.807) is 0 Å². The summed E-state index contributed by atoms with van der Waals surface area (Å²) < 4.78 is 6.95. The number of benzene rings is 2. The second-order valence-corrected chi connectivity index (χ2v) is 5.97. The number of fused-ring (bicyclic) bond motifs is 1. The number of aromatic nitrogens is 1. The molecule has 0 saturated carbocycles. The van der Waals surface area contributed by atoms with Gasteiger partial charge in [-0.3, -0.25) is 0 Å². The number of halogens is 2. The van der Waals surface area contributed by atoms with Crippen molar-refractivity contribution >= 4 is 38.4 Å². The lowest BCUT2D eigenvalue weighted by Gasteiger charge is -2.11. The zero-order valence-electron chi connectivity index (χ0n) is 11.4. The topological polar surface area (TPSA) is 22.1 Å². The first kappa shape index (κ1) is 14.4. The number of alkyl halides is 1. The van der Waals surface area contributed by atoms with E-state index in [2.05, 4.69) is 20.9 Å². The van der Waals surface area contributed by atoms with Crippen LogP contribution in [0.4, 0.5) is 0 Å². The molecule has 0 saturated heterocycles. The van der Waals surface area contributed by atoms with Crippen LogP contribution in [-0.4, -0.2) is 4.98 Å². The van der Waals surface area contributed by atoms with E-state index in [0.29, 0.717) is 11.8 Å². The van der Waals surface area contributed by atoms with Crippen molar-refractivity contribution in [2.24, 2.45) is 0 Å². The first-order valence-electron chi connectivity index (χ1n) is 6.56. The Morgan fingerprint density at radius 1 is 1.14 bits per heavy atom. The molecule has 2 aromatic carbocycles. The van der Waals surface area contributed by atoms with Gasteiger partial charge in [-0.2, -0.15) is 0 Å². The largest absolute Gasteiger partial charge is 0.439 e. The second-order valence-electron chi connectivity index (χ2n) is 4.78. The molecule has 0 spiro atoms. The van der Waals surface area contributed by atoms with E-state index in [0.717, 1.165) is 32.3 Å². The quantitative estimate of drug-likeness (QED) is 0.546. The van der Waals surface area contributed by atoms with Crippen LogP contribution in [0.3, 0.4) is 0 Å². The standard InChI is InChI=1S/C17H13BrClNO/c1-11-8-13(18)6-7-16(11)21-17-9-12(10-19)14-4-2-3-5-15(14)20-17/h2-9H,10H2,1H3. The summed E-state index contributed by atoms with van der Waals surface area (Å²) in [4.78, 5) is 4.55. The summed E-state index contributed by atoms with van der Waals surface area (Å²) in [7, 11) is 0. The lowest BCUT2D eigenvalue weighted by Crippen LogP contribution is -1.93. The molecule has 0 aliphatic rings. The molecule has 3 rings (SSSR count). The molecular formula is C17H13BrClNO. The summed E-state index contributed by atoms with van der Waals surface area (Å²) in [5.74, 6) is 1.79. The van der Waals surface area contributed by atoms with Crippen LogP contribution < -0.4 is 4.74 Å². The van der Waals surface area contributed by atoms with Crippen LogP contribution in [0, 0.1) is 6.92 Å². The van der Waals surface area contributed by atoms with Crippen molar-refractivity contribution in [3.05, 3.63) is 64.1 Å². The summed E-state index contributed by atoms with van der Waals surface area (Å²) in [6.07, 6.45) is 0. The molecule has 0 bridgehead atoms. The Bertz CT molecular complexity index is 804. The lowest BCUT2D eigenvalue weighted by molar-refractivity contribution is 0.461. The molecule has 1 aromatic heterocycles. The molecule has 106 valence electrons. The van der Waals surface area contributed by atoms with Crippen LogP contribution >= 0.6 is 27.5 Å². The fraction of sp³-hybridized carbons (Fsp3) is 0.118. The number of pyridine rings is 1. The van der Waals surface area contributed by atoms with Crippen molar-refractivity contribution in [3.63, 3.8) is 0 Å². The maximum absolute atomic E-state index is 6.04. The average Bonchev–Trinajstić information content (AvgIpc) is 2.49. The molecule has 0 unspecified atom stereocenters. The maximum Gasteiger partial charge on any atom is 0.220 e. The molecule has 0 aliphatic carbocycles. The molecule has 0 atom stereocenters. The summed E-state index contributed by atoms with van der Waals surface area (Å²) in [5, 5.41) is 1.06. The third-order valence-electron chi connectivity index (χ3n) is 3.27. The van der Waals surface area contributed by atoms with Crippen molar-refractivity contribution in [1.29, 1.82) is 0 Å². The van der Waals surface area contributed by atoms with Crippen LogP contribution in [0.1, 0.15) is 11.1 Å². The van der Waals surface area contributed by atoms with Crippen LogP contribution in [0.15, 0.2) is 53.0 Å². The molecule has 0 radical (unpaired) electrons. The Labute approximate surface area is 136 Å². The number of ether oxygens (including phenoxy) is 1. The third kappa shape index (κ3) is 3.04. The van der Waals surface area contributed by atoms with Crippen molar-refractivity contribution in [2.75, 3.05) is 0 Å². The first-order chi connectivity index (χ1) is 10.2. The van der Waals surface area contributed by atoms with Crippen LogP contribution in [0.25, 0.3) is 10.9 Å². The van der Waals surface area contributed by atoms with Gasteiger partial charge in [0.05, 0.1) is 5.52 Å². The van der Waals surface area contributed by atoms with E-state index in [-0.39, 0.29) is 0 Å². The summed E-state index contributed by atoms with van der Waals surface area (Å²) in [5.41, 5.74) is 2.96. The van der Waals surface area contributed by atoms with Gasteiger partial charge in [0, 0.05) is 21.8 Å². The zero-order chi connectivity index (χ0) is 14.8. The third-order valence-corrected chi connectivity index (χ3v) is 4.06. The van der Waals surface area contributed by atoms with Gasteiger partial charge < -0.3 is 4.74 Å². The van der Waals surface area contributed by atoms with Crippen molar-refractivity contribution < 1.29 is 4.74 Å². The van der Waals surface area contributed by atoms with Crippen molar-refractivity contribution in [1.82, 2.24) is 4.98 Å². The molecule has 0 amide bonds. The predicted molar refractivity (Wildman–Crippen MR) is 90.3 cm³/mol. The minimum Gasteiger partial charge on any atom is -0.439 e. The molecule has 0 N–H and O–H groups in total. The zero-order valence-corrected chi connectivity index (χ0v) is 13.8. The highest BCUT2D eigenvalue weighted by Crippen LogP contribution is 2.29. The molecule has 2 nitrogen and oxygen atoms in total. The van der Waals surface area contributed by atoms with Gasteiger partial charge in [-0.25, -0.2) is 4.98 Å². The average molecular weight is 363 g/mol. The summed E-state index contributed by atoms with van der Waals surface area (Å²) >= 11 is 9.49. The Hall–Kier alpha value is -1.58. The Morgan fingerprint density at radius 2 is 1.95 bits per heavy atom. The maximum atomic E-state index is 6.04. The van der Waals surface area contributed by atoms with Gasteiger partial charge >= 0.3 is 0 Å². The van der Waals surface area contributed by atoms with Crippen LogP contribution in [0.2, 0.25) is 0 Å². The Morgan fingerprint density at radius 3 is 2.71 bits per heavy atom. The molecule has 0 aliphatic heterocycles. The predicted octanol–water partition coefficient (Wildman–Crippen LogP) is 5.84. The molecule has 3 aromatic rings.